The van der Waals surface area contributed by atoms with Crippen molar-refractivity contribution in [3.8, 4) is 0 Å². The van der Waals surface area contributed by atoms with Crippen molar-refractivity contribution < 1.29 is 19.1 Å². The first-order valence-corrected chi connectivity index (χ1v) is 9.87. The van der Waals surface area contributed by atoms with E-state index in [1.807, 2.05) is 51.1 Å². The maximum Gasteiger partial charge on any atom is 0.331 e. The van der Waals surface area contributed by atoms with E-state index in [-0.39, 0.29) is 18.3 Å². The van der Waals surface area contributed by atoms with Crippen LogP contribution in [-0.2, 0) is 14.3 Å². The van der Waals surface area contributed by atoms with Gasteiger partial charge in [0.1, 0.15) is 0 Å². The summed E-state index contributed by atoms with van der Waals surface area (Å²) in [5.41, 5.74) is 2.04. The van der Waals surface area contributed by atoms with E-state index in [1.54, 1.807) is 36.5 Å². The molecule has 1 N–H and O–H groups in total. The molecular formula is C25H24N2O4. The van der Waals surface area contributed by atoms with Crippen LogP contribution in [0.1, 0.15) is 36.7 Å². The lowest BCUT2D eigenvalue weighted by atomic mass is 9.95. The fourth-order valence-electron chi connectivity index (χ4n) is 2.75. The second-order valence-electron chi connectivity index (χ2n) is 8.07. The largest absolute Gasteiger partial charge is 0.454 e. The normalized spacial score (nSPS) is 11.5. The second kappa shape index (κ2) is 9.34. The topological polar surface area (TPSA) is 85.4 Å². The minimum Gasteiger partial charge on any atom is -0.454 e. The standard InChI is InChI=1S/C25H24N2O4/c1-25(2,3)24(30)27-20-12-9-17(10-13-20)21(28)16-31-22(29)14-11-19-7-4-6-18-8-5-15-26-23(18)19/h4-15H,16H2,1-3H3,(H,27,30)/b14-11+. The zero-order valence-corrected chi connectivity index (χ0v) is 17.7. The van der Waals surface area contributed by atoms with Crippen molar-refractivity contribution in [3.05, 3.63) is 78.0 Å². The lowest BCUT2D eigenvalue weighted by molar-refractivity contribution is -0.136. The Morgan fingerprint density at radius 2 is 1.71 bits per heavy atom. The van der Waals surface area contributed by atoms with Crippen molar-refractivity contribution in [2.24, 2.45) is 5.41 Å². The van der Waals surface area contributed by atoms with Gasteiger partial charge in [0, 0.05) is 39.9 Å². The molecule has 0 atom stereocenters. The number of amides is 1. The van der Waals surface area contributed by atoms with Crippen LogP contribution < -0.4 is 5.32 Å². The molecule has 1 aromatic heterocycles. The number of fused-ring (bicyclic) bond motifs is 1. The van der Waals surface area contributed by atoms with Crippen LogP contribution in [0.25, 0.3) is 17.0 Å². The van der Waals surface area contributed by atoms with Gasteiger partial charge < -0.3 is 10.1 Å². The van der Waals surface area contributed by atoms with Gasteiger partial charge in [-0.2, -0.15) is 0 Å². The molecule has 158 valence electrons. The molecule has 3 rings (SSSR count). The summed E-state index contributed by atoms with van der Waals surface area (Å²) in [4.78, 5) is 40.7. The number of ether oxygens (including phenoxy) is 1. The van der Waals surface area contributed by atoms with Crippen LogP contribution in [0.15, 0.2) is 66.9 Å². The highest BCUT2D eigenvalue weighted by Gasteiger charge is 2.21. The number of pyridine rings is 1. The summed E-state index contributed by atoms with van der Waals surface area (Å²) in [7, 11) is 0. The zero-order valence-electron chi connectivity index (χ0n) is 17.7. The van der Waals surface area contributed by atoms with Crippen LogP contribution in [0.3, 0.4) is 0 Å². The minimum atomic E-state index is -0.615. The molecule has 6 heteroatoms. The highest BCUT2D eigenvalue weighted by Crippen LogP contribution is 2.19. The molecule has 0 spiro atoms. The fourth-order valence-corrected chi connectivity index (χ4v) is 2.75. The fraction of sp³-hybridized carbons (Fsp3) is 0.200. The van der Waals surface area contributed by atoms with Crippen LogP contribution in [0.5, 0.6) is 0 Å². The monoisotopic (exact) mass is 416 g/mol. The van der Waals surface area contributed by atoms with Gasteiger partial charge in [-0.25, -0.2) is 4.79 Å². The molecule has 0 saturated carbocycles. The average Bonchev–Trinajstić information content (AvgIpc) is 2.75. The first-order valence-electron chi connectivity index (χ1n) is 9.87. The summed E-state index contributed by atoms with van der Waals surface area (Å²) in [6.07, 6.45) is 4.59. The summed E-state index contributed by atoms with van der Waals surface area (Å²) >= 11 is 0. The van der Waals surface area contributed by atoms with Crippen LogP contribution in [0.4, 0.5) is 5.69 Å². The summed E-state index contributed by atoms with van der Waals surface area (Å²) in [6.45, 7) is 5.09. The van der Waals surface area contributed by atoms with Crippen LogP contribution in [0.2, 0.25) is 0 Å². The molecular weight excluding hydrogens is 392 g/mol. The second-order valence-corrected chi connectivity index (χ2v) is 8.07. The highest BCUT2D eigenvalue weighted by molar-refractivity contribution is 6.00. The van der Waals surface area contributed by atoms with E-state index in [4.69, 9.17) is 4.74 Å². The van der Waals surface area contributed by atoms with Gasteiger partial charge in [-0.05, 0) is 36.4 Å². The lowest BCUT2D eigenvalue weighted by Gasteiger charge is -2.17. The van der Waals surface area contributed by atoms with Crippen LogP contribution in [-0.4, -0.2) is 29.3 Å². The molecule has 6 nitrogen and oxygen atoms in total. The summed E-state index contributed by atoms with van der Waals surface area (Å²) in [5.74, 6) is -1.06. The Bertz CT molecular complexity index is 1140. The van der Waals surface area contributed by atoms with Crippen molar-refractivity contribution in [1.82, 2.24) is 4.98 Å². The number of carbonyl (C=O) groups excluding carboxylic acids is 3. The summed E-state index contributed by atoms with van der Waals surface area (Å²) in [6, 6.07) is 15.9. The Morgan fingerprint density at radius 3 is 2.42 bits per heavy atom. The highest BCUT2D eigenvalue weighted by atomic mass is 16.5. The molecule has 0 unspecified atom stereocenters. The van der Waals surface area contributed by atoms with Gasteiger partial charge in [0.05, 0.1) is 5.52 Å². The maximum absolute atomic E-state index is 12.3. The van der Waals surface area contributed by atoms with Gasteiger partial charge in [-0.1, -0.05) is 45.0 Å². The van der Waals surface area contributed by atoms with Crippen LogP contribution >= 0.6 is 0 Å². The first kappa shape index (κ1) is 21.9. The third-order valence-corrected chi connectivity index (χ3v) is 4.55. The molecule has 0 aliphatic carbocycles. The van der Waals surface area contributed by atoms with E-state index in [0.717, 1.165) is 16.5 Å². The molecule has 0 aliphatic heterocycles. The van der Waals surface area contributed by atoms with Gasteiger partial charge in [0.25, 0.3) is 0 Å². The van der Waals surface area contributed by atoms with Crippen molar-refractivity contribution in [2.75, 3.05) is 11.9 Å². The quantitative estimate of drug-likeness (QED) is 0.359. The number of benzene rings is 2. The van der Waals surface area contributed by atoms with Crippen molar-refractivity contribution in [2.45, 2.75) is 20.8 Å². The Hall–Kier alpha value is -3.80. The average molecular weight is 416 g/mol. The molecule has 0 aliphatic rings. The number of nitrogens with zero attached hydrogens (tertiary/aromatic N) is 1. The zero-order chi connectivity index (χ0) is 22.4. The third-order valence-electron chi connectivity index (χ3n) is 4.55. The number of nitrogens with one attached hydrogen (secondary N) is 1. The van der Waals surface area contributed by atoms with Gasteiger partial charge in [-0.15, -0.1) is 0 Å². The minimum absolute atomic E-state index is 0.117. The smallest absolute Gasteiger partial charge is 0.331 e. The van der Waals surface area contributed by atoms with E-state index >= 15 is 0 Å². The van der Waals surface area contributed by atoms with Gasteiger partial charge in [-0.3, -0.25) is 14.6 Å². The Kier molecular flexibility index (Phi) is 6.60. The van der Waals surface area contributed by atoms with E-state index in [0.29, 0.717) is 11.3 Å². The van der Waals surface area contributed by atoms with Crippen molar-refractivity contribution >= 4 is 40.3 Å². The molecule has 1 amide bonds. The molecule has 1 heterocycles. The molecule has 3 aromatic rings. The number of Topliss-reactive ketones (excluding diaryl/α,β-unsaturated/α-hetero) is 1. The number of rotatable bonds is 6. The number of esters is 1. The van der Waals surface area contributed by atoms with Gasteiger partial charge in [0.15, 0.2) is 12.4 Å². The number of hydrogen-bond acceptors (Lipinski definition) is 5. The van der Waals surface area contributed by atoms with E-state index in [2.05, 4.69) is 10.3 Å². The van der Waals surface area contributed by atoms with Gasteiger partial charge in [0.2, 0.25) is 5.91 Å². The number of para-hydroxylation sites is 1. The SMILES string of the molecule is CC(C)(C)C(=O)Nc1ccc(C(=O)COC(=O)/C=C/c2cccc3cccnc23)cc1. The molecule has 2 aromatic carbocycles. The number of aromatic nitrogens is 1. The Morgan fingerprint density at radius 1 is 1.00 bits per heavy atom. The number of anilines is 1. The first-order chi connectivity index (χ1) is 14.7. The molecule has 0 radical (unpaired) electrons. The van der Waals surface area contributed by atoms with E-state index < -0.39 is 11.4 Å². The predicted octanol–water partition coefficient (Wildman–Crippen LogP) is 4.66. The summed E-state index contributed by atoms with van der Waals surface area (Å²) in [5, 5.41) is 3.76. The number of ketones is 1. The van der Waals surface area contributed by atoms with Crippen molar-refractivity contribution in [1.29, 1.82) is 0 Å². The Balaban J connectivity index is 1.56. The van der Waals surface area contributed by atoms with E-state index in [9.17, 15) is 14.4 Å². The van der Waals surface area contributed by atoms with E-state index in [1.165, 1.54) is 6.08 Å². The summed E-state index contributed by atoms with van der Waals surface area (Å²) < 4.78 is 5.07. The lowest BCUT2D eigenvalue weighted by Crippen LogP contribution is -2.27. The predicted molar refractivity (Wildman–Crippen MR) is 121 cm³/mol. The van der Waals surface area contributed by atoms with Gasteiger partial charge >= 0.3 is 5.97 Å². The molecule has 0 fully saturated rings. The van der Waals surface area contributed by atoms with Crippen molar-refractivity contribution in [3.63, 3.8) is 0 Å². The van der Waals surface area contributed by atoms with Crippen LogP contribution in [0, 0.1) is 5.41 Å². The number of hydrogen-bond donors (Lipinski definition) is 1. The molecule has 31 heavy (non-hydrogen) atoms. The number of carbonyl (C=O) groups is 3. The maximum atomic E-state index is 12.3. The molecule has 0 bridgehead atoms. The Labute approximate surface area is 180 Å². The molecule has 0 saturated heterocycles. The third kappa shape index (κ3) is 5.85.